The maximum absolute atomic E-state index is 11.7. The summed E-state index contributed by atoms with van der Waals surface area (Å²) in [5, 5.41) is 2.91. The van der Waals surface area contributed by atoms with E-state index in [1.165, 1.54) is 0 Å². The Morgan fingerprint density at radius 1 is 1.39 bits per heavy atom. The molecule has 1 aliphatic rings. The fourth-order valence-corrected chi connectivity index (χ4v) is 2.09. The van der Waals surface area contributed by atoms with Gasteiger partial charge in [0.2, 0.25) is 5.91 Å². The van der Waals surface area contributed by atoms with Crippen LogP contribution >= 0.6 is 0 Å². The Morgan fingerprint density at radius 2 is 2.06 bits per heavy atom. The van der Waals surface area contributed by atoms with E-state index >= 15 is 0 Å². The number of nitrogens with zero attached hydrogens (tertiary/aromatic N) is 1. The van der Waals surface area contributed by atoms with Crippen LogP contribution in [-0.2, 0) is 9.53 Å². The normalized spacial score (nSPS) is 18.9. The molecule has 1 saturated heterocycles. The van der Waals surface area contributed by atoms with Gasteiger partial charge in [-0.25, -0.2) is 0 Å². The quantitative estimate of drug-likeness (QED) is 0.639. The number of carbonyl (C=O) groups excluding carboxylic acids is 1. The molecule has 5 nitrogen and oxygen atoms in total. The summed E-state index contributed by atoms with van der Waals surface area (Å²) in [6.07, 6.45) is 1.72. The van der Waals surface area contributed by atoms with Crippen LogP contribution in [0.5, 0.6) is 0 Å². The summed E-state index contributed by atoms with van der Waals surface area (Å²) in [7, 11) is 0. The number of hydrogen-bond acceptors (Lipinski definition) is 4. The molecule has 0 aromatic heterocycles. The summed E-state index contributed by atoms with van der Waals surface area (Å²) in [6, 6.07) is -0.367. The maximum atomic E-state index is 11.7. The van der Waals surface area contributed by atoms with E-state index < -0.39 is 0 Å². The van der Waals surface area contributed by atoms with Gasteiger partial charge in [-0.2, -0.15) is 0 Å². The van der Waals surface area contributed by atoms with Crippen LogP contribution in [0.1, 0.15) is 26.7 Å². The first-order valence-electron chi connectivity index (χ1n) is 6.93. The highest BCUT2D eigenvalue weighted by Crippen LogP contribution is 2.02. The predicted molar refractivity (Wildman–Crippen MR) is 72.3 cm³/mol. The highest BCUT2D eigenvalue weighted by molar-refractivity contribution is 5.81. The van der Waals surface area contributed by atoms with Crippen LogP contribution in [0.2, 0.25) is 0 Å². The van der Waals surface area contributed by atoms with Gasteiger partial charge in [-0.05, 0) is 25.3 Å². The average molecular weight is 257 g/mol. The smallest absolute Gasteiger partial charge is 0.236 e. The molecule has 0 bridgehead atoms. The molecule has 1 fully saturated rings. The van der Waals surface area contributed by atoms with Crippen molar-refractivity contribution < 1.29 is 9.53 Å². The Balaban J connectivity index is 2.04. The van der Waals surface area contributed by atoms with E-state index in [1.54, 1.807) is 0 Å². The van der Waals surface area contributed by atoms with Crippen LogP contribution < -0.4 is 11.1 Å². The zero-order chi connectivity index (χ0) is 13.4. The molecule has 0 aromatic carbocycles. The molecule has 5 heteroatoms. The van der Waals surface area contributed by atoms with Crippen LogP contribution in [0.4, 0.5) is 0 Å². The topological polar surface area (TPSA) is 67.6 Å². The molecule has 0 radical (unpaired) electrons. The lowest BCUT2D eigenvalue weighted by Gasteiger charge is -2.26. The second-order valence-corrected chi connectivity index (χ2v) is 5.33. The largest absolute Gasteiger partial charge is 0.379 e. The molecule has 1 amide bonds. The van der Waals surface area contributed by atoms with Gasteiger partial charge in [0.05, 0.1) is 19.3 Å². The molecular weight excluding hydrogens is 230 g/mol. The molecule has 1 atom stereocenters. The second kappa shape index (κ2) is 8.45. The molecule has 18 heavy (non-hydrogen) atoms. The summed E-state index contributed by atoms with van der Waals surface area (Å²) >= 11 is 0. The molecule has 1 rings (SSSR count). The van der Waals surface area contributed by atoms with Crippen molar-refractivity contribution in [3.05, 3.63) is 0 Å². The third kappa shape index (κ3) is 6.33. The van der Waals surface area contributed by atoms with Gasteiger partial charge in [0.1, 0.15) is 0 Å². The summed E-state index contributed by atoms with van der Waals surface area (Å²) < 4.78 is 5.28. The van der Waals surface area contributed by atoms with Gasteiger partial charge >= 0.3 is 0 Å². The van der Waals surface area contributed by atoms with E-state index in [9.17, 15) is 4.79 Å². The number of morpholine rings is 1. The van der Waals surface area contributed by atoms with Crippen LogP contribution in [-0.4, -0.2) is 56.2 Å². The van der Waals surface area contributed by atoms with E-state index in [-0.39, 0.29) is 11.9 Å². The zero-order valence-electron chi connectivity index (χ0n) is 11.7. The molecule has 3 N–H and O–H groups in total. The minimum Gasteiger partial charge on any atom is -0.379 e. The molecule has 0 unspecified atom stereocenters. The molecule has 0 saturated carbocycles. The summed E-state index contributed by atoms with van der Waals surface area (Å²) in [5.74, 6) is 0.435. The van der Waals surface area contributed by atoms with Crippen molar-refractivity contribution >= 4 is 5.91 Å². The third-order valence-electron chi connectivity index (χ3n) is 3.12. The van der Waals surface area contributed by atoms with Gasteiger partial charge in [-0.1, -0.05) is 13.8 Å². The van der Waals surface area contributed by atoms with Gasteiger partial charge in [0.15, 0.2) is 0 Å². The number of rotatable bonds is 7. The van der Waals surface area contributed by atoms with Crippen molar-refractivity contribution in [3.63, 3.8) is 0 Å². The van der Waals surface area contributed by atoms with Crippen molar-refractivity contribution in [3.8, 4) is 0 Å². The first-order chi connectivity index (χ1) is 8.59. The van der Waals surface area contributed by atoms with Crippen LogP contribution in [0, 0.1) is 5.92 Å². The van der Waals surface area contributed by atoms with Crippen LogP contribution in [0.25, 0.3) is 0 Å². The average Bonchev–Trinajstić information content (AvgIpc) is 2.34. The molecule has 0 spiro atoms. The monoisotopic (exact) mass is 257 g/mol. The Morgan fingerprint density at radius 3 is 2.67 bits per heavy atom. The molecule has 1 heterocycles. The molecular formula is C13H27N3O2. The SMILES string of the molecule is CC(C)C[C@@H](N)C(=O)NCCCN1CCOCC1. The van der Waals surface area contributed by atoms with E-state index in [0.29, 0.717) is 12.5 Å². The number of ether oxygens (including phenoxy) is 1. The van der Waals surface area contributed by atoms with Crippen molar-refractivity contribution in [2.45, 2.75) is 32.7 Å². The van der Waals surface area contributed by atoms with Crippen LogP contribution in [0.15, 0.2) is 0 Å². The highest BCUT2D eigenvalue weighted by Gasteiger charge is 2.14. The lowest BCUT2D eigenvalue weighted by Crippen LogP contribution is -2.43. The Bertz CT molecular complexity index is 240. The minimum atomic E-state index is -0.367. The van der Waals surface area contributed by atoms with Gasteiger partial charge < -0.3 is 15.8 Å². The van der Waals surface area contributed by atoms with Crippen molar-refractivity contribution in [2.24, 2.45) is 11.7 Å². The first kappa shape index (κ1) is 15.4. The van der Waals surface area contributed by atoms with Gasteiger partial charge in [0, 0.05) is 19.6 Å². The molecule has 1 aliphatic heterocycles. The van der Waals surface area contributed by atoms with E-state index in [1.807, 2.05) is 0 Å². The highest BCUT2D eigenvalue weighted by atomic mass is 16.5. The number of nitrogens with one attached hydrogen (secondary N) is 1. The Labute approximate surface area is 110 Å². The Kier molecular flexibility index (Phi) is 7.23. The summed E-state index contributed by atoms with van der Waals surface area (Å²) in [5.41, 5.74) is 5.80. The molecule has 0 aliphatic carbocycles. The van der Waals surface area contributed by atoms with Crippen LogP contribution in [0.3, 0.4) is 0 Å². The van der Waals surface area contributed by atoms with Gasteiger partial charge in [-0.3, -0.25) is 9.69 Å². The third-order valence-corrected chi connectivity index (χ3v) is 3.12. The molecule has 0 aromatic rings. The number of nitrogens with two attached hydrogens (primary N) is 1. The lowest BCUT2D eigenvalue weighted by molar-refractivity contribution is -0.122. The maximum Gasteiger partial charge on any atom is 0.236 e. The number of carbonyl (C=O) groups is 1. The first-order valence-corrected chi connectivity index (χ1v) is 6.93. The predicted octanol–water partition coefficient (Wildman–Crippen LogP) is 0.198. The number of hydrogen-bond donors (Lipinski definition) is 2. The Hall–Kier alpha value is -0.650. The van der Waals surface area contributed by atoms with Crippen molar-refractivity contribution in [1.29, 1.82) is 0 Å². The summed E-state index contributed by atoms with van der Waals surface area (Å²) in [6.45, 7) is 9.53. The standard InChI is InChI=1S/C13H27N3O2/c1-11(2)10-12(14)13(17)15-4-3-5-16-6-8-18-9-7-16/h11-12H,3-10,14H2,1-2H3,(H,15,17)/t12-/m1/s1. The van der Waals surface area contributed by atoms with Crippen molar-refractivity contribution in [1.82, 2.24) is 10.2 Å². The fourth-order valence-electron chi connectivity index (χ4n) is 2.09. The van der Waals surface area contributed by atoms with Gasteiger partial charge in [0.25, 0.3) is 0 Å². The van der Waals surface area contributed by atoms with E-state index in [0.717, 1.165) is 45.7 Å². The minimum absolute atomic E-state index is 0.0225. The zero-order valence-corrected chi connectivity index (χ0v) is 11.7. The molecule has 106 valence electrons. The van der Waals surface area contributed by atoms with Crippen molar-refractivity contribution in [2.75, 3.05) is 39.4 Å². The lowest BCUT2D eigenvalue weighted by atomic mass is 10.0. The second-order valence-electron chi connectivity index (χ2n) is 5.33. The van der Waals surface area contributed by atoms with Gasteiger partial charge in [-0.15, -0.1) is 0 Å². The van der Waals surface area contributed by atoms with E-state index in [4.69, 9.17) is 10.5 Å². The number of amides is 1. The summed E-state index contributed by atoms with van der Waals surface area (Å²) in [4.78, 5) is 14.0. The van der Waals surface area contributed by atoms with E-state index in [2.05, 4.69) is 24.1 Å². The fraction of sp³-hybridized carbons (Fsp3) is 0.923.